The second-order valence-corrected chi connectivity index (χ2v) is 9.72. The van der Waals surface area contributed by atoms with Crippen LogP contribution in [0, 0.1) is 13.5 Å². The molecule has 0 bridgehead atoms. The van der Waals surface area contributed by atoms with Gasteiger partial charge in [0.1, 0.15) is 0 Å². The Morgan fingerprint density at radius 2 is 1.69 bits per heavy atom. The Morgan fingerprint density at radius 1 is 0.917 bits per heavy atom. The van der Waals surface area contributed by atoms with Crippen molar-refractivity contribution >= 4 is 22.3 Å². The van der Waals surface area contributed by atoms with Gasteiger partial charge in [0.15, 0.2) is 5.69 Å². The molecule has 1 aliphatic heterocycles. The summed E-state index contributed by atoms with van der Waals surface area (Å²) in [6.45, 7) is 14.6. The molecule has 36 heavy (non-hydrogen) atoms. The van der Waals surface area contributed by atoms with Gasteiger partial charge in [0.25, 0.3) is 5.56 Å². The van der Waals surface area contributed by atoms with E-state index in [4.69, 9.17) is 6.57 Å². The summed E-state index contributed by atoms with van der Waals surface area (Å²) < 4.78 is 1.69. The molecule has 0 unspecified atom stereocenters. The minimum Gasteiger partial charge on any atom is -0.369 e. The smallest absolute Gasteiger partial charge is 0.255 e. The predicted molar refractivity (Wildman–Crippen MR) is 148 cm³/mol. The maximum Gasteiger partial charge on any atom is 0.255 e. The predicted octanol–water partition coefficient (Wildman–Crippen LogP) is 5.71. The fourth-order valence-corrected chi connectivity index (χ4v) is 5.12. The van der Waals surface area contributed by atoms with Crippen LogP contribution in [0.1, 0.15) is 30.4 Å². The number of benzene rings is 2. The van der Waals surface area contributed by atoms with E-state index in [1.807, 2.05) is 49.5 Å². The zero-order valence-electron chi connectivity index (χ0n) is 20.9. The van der Waals surface area contributed by atoms with Gasteiger partial charge in [-0.2, -0.15) is 0 Å². The number of nitrogens with zero attached hydrogens (tertiary/aromatic N) is 4. The van der Waals surface area contributed by atoms with Crippen molar-refractivity contribution in [3.05, 3.63) is 99.9 Å². The van der Waals surface area contributed by atoms with E-state index < -0.39 is 0 Å². The van der Waals surface area contributed by atoms with E-state index in [0.717, 1.165) is 55.9 Å². The largest absolute Gasteiger partial charge is 0.369 e. The number of unbranched alkanes of at least 4 members (excludes halogenated alkanes) is 2. The van der Waals surface area contributed by atoms with E-state index in [1.54, 1.807) is 10.6 Å². The van der Waals surface area contributed by atoms with Crippen molar-refractivity contribution in [1.82, 2.24) is 14.5 Å². The van der Waals surface area contributed by atoms with Crippen LogP contribution in [0.15, 0.2) is 71.8 Å². The Morgan fingerprint density at radius 3 is 2.44 bits per heavy atom. The molecule has 0 spiro atoms. The lowest BCUT2D eigenvalue weighted by molar-refractivity contribution is 0.252. The van der Waals surface area contributed by atoms with E-state index in [-0.39, 0.29) is 5.56 Å². The molecule has 4 aromatic rings. The van der Waals surface area contributed by atoms with Gasteiger partial charge in [-0.1, -0.05) is 12.5 Å². The molecule has 0 saturated carbocycles. The topological polar surface area (TPSA) is 48.6 Å². The zero-order valence-corrected chi connectivity index (χ0v) is 20.9. The molecule has 3 heterocycles. The molecule has 6 heteroatoms. The first-order valence-corrected chi connectivity index (χ1v) is 12.9. The Hall–Kier alpha value is -3.82. The molecule has 0 radical (unpaired) electrons. The Balaban J connectivity index is 1.05. The van der Waals surface area contributed by atoms with E-state index >= 15 is 0 Å². The van der Waals surface area contributed by atoms with Gasteiger partial charge in [0.05, 0.1) is 6.57 Å². The fraction of sp³-hybridized carbons (Fsp3) is 0.333. The first-order chi connectivity index (χ1) is 17.6. The molecule has 184 valence electrons. The van der Waals surface area contributed by atoms with Crippen LogP contribution < -0.4 is 10.5 Å². The van der Waals surface area contributed by atoms with Crippen molar-refractivity contribution in [1.29, 1.82) is 0 Å². The van der Waals surface area contributed by atoms with Crippen LogP contribution in [0.2, 0.25) is 0 Å². The Labute approximate surface area is 212 Å². The number of nitrogens with one attached hydrogen (secondary N) is 1. The van der Waals surface area contributed by atoms with E-state index in [1.165, 1.54) is 35.9 Å². The van der Waals surface area contributed by atoms with Crippen molar-refractivity contribution in [3.63, 3.8) is 0 Å². The molecule has 1 N–H and O–H groups in total. The zero-order chi connectivity index (χ0) is 24.9. The molecule has 1 aliphatic rings. The van der Waals surface area contributed by atoms with E-state index in [9.17, 15) is 4.79 Å². The SMILES string of the molecule is [C-]#[N+]c1ccc2[nH]cc(CCCCCN3CCN(c4ccc(-n5ccc(C)cc5=O)cc4)CC3)c2c1. The lowest BCUT2D eigenvalue weighted by Crippen LogP contribution is -2.46. The molecule has 1 fully saturated rings. The molecule has 0 aliphatic carbocycles. The van der Waals surface area contributed by atoms with Crippen molar-refractivity contribution in [2.45, 2.75) is 32.6 Å². The summed E-state index contributed by atoms with van der Waals surface area (Å²) in [6, 6.07) is 17.8. The second kappa shape index (κ2) is 10.8. The van der Waals surface area contributed by atoms with Gasteiger partial charge in [-0.3, -0.25) is 14.3 Å². The molecule has 2 aromatic heterocycles. The monoisotopic (exact) mass is 479 g/mol. The summed E-state index contributed by atoms with van der Waals surface area (Å²) in [4.78, 5) is 24.2. The summed E-state index contributed by atoms with van der Waals surface area (Å²) in [6.07, 6.45) is 8.61. The lowest BCUT2D eigenvalue weighted by atomic mass is 10.1. The van der Waals surface area contributed by atoms with Gasteiger partial charge in [0, 0.05) is 61.5 Å². The third-order valence-electron chi connectivity index (χ3n) is 7.24. The maximum atomic E-state index is 12.3. The van der Waals surface area contributed by atoms with Crippen LogP contribution in [0.3, 0.4) is 0 Å². The van der Waals surface area contributed by atoms with Crippen molar-refractivity contribution < 1.29 is 0 Å². The molecular weight excluding hydrogens is 446 g/mol. The highest BCUT2D eigenvalue weighted by atomic mass is 16.1. The quantitative estimate of drug-likeness (QED) is 0.260. The van der Waals surface area contributed by atoms with Crippen LogP contribution >= 0.6 is 0 Å². The van der Waals surface area contributed by atoms with Crippen molar-refractivity contribution in [3.8, 4) is 5.69 Å². The van der Waals surface area contributed by atoms with Crippen LogP contribution in [0.4, 0.5) is 11.4 Å². The molecule has 1 saturated heterocycles. The summed E-state index contributed by atoms with van der Waals surface area (Å²) in [5.41, 5.74) is 6.26. The lowest BCUT2D eigenvalue weighted by Gasteiger charge is -2.36. The molecule has 5 rings (SSSR count). The number of rotatable bonds is 8. The van der Waals surface area contributed by atoms with E-state index in [0.29, 0.717) is 5.69 Å². The fourth-order valence-electron chi connectivity index (χ4n) is 5.12. The van der Waals surface area contributed by atoms with Gasteiger partial charge in [-0.15, -0.1) is 0 Å². The Bertz CT molecular complexity index is 1420. The van der Waals surface area contributed by atoms with Gasteiger partial charge in [0.2, 0.25) is 0 Å². The summed E-state index contributed by atoms with van der Waals surface area (Å²) >= 11 is 0. The summed E-state index contributed by atoms with van der Waals surface area (Å²) in [5, 5.41) is 1.19. The number of H-pyrrole nitrogens is 1. The van der Waals surface area contributed by atoms with E-state index in [2.05, 4.69) is 38.0 Å². The third kappa shape index (κ3) is 5.37. The minimum atomic E-state index is 0.00653. The molecular formula is C30H33N5O. The average molecular weight is 480 g/mol. The van der Waals surface area contributed by atoms with Gasteiger partial charge in [-0.05, 0) is 91.7 Å². The minimum absolute atomic E-state index is 0.00653. The van der Waals surface area contributed by atoms with Crippen molar-refractivity contribution in [2.24, 2.45) is 0 Å². The van der Waals surface area contributed by atoms with Gasteiger partial charge in [-0.25, -0.2) is 4.85 Å². The third-order valence-corrected chi connectivity index (χ3v) is 7.24. The number of hydrogen-bond donors (Lipinski definition) is 1. The second-order valence-electron chi connectivity index (χ2n) is 9.72. The normalized spacial score (nSPS) is 14.3. The van der Waals surface area contributed by atoms with Crippen LogP contribution in [-0.2, 0) is 6.42 Å². The Kier molecular flexibility index (Phi) is 7.20. The number of pyridine rings is 1. The number of aryl methyl sites for hydroxylation is 2. The highest BCUT2D eigenvalue weighted by molar-refractivity contribution is 5.86. The molecule has 0 atom stereocenters. The number of aromatic nitrogens is 2. The highest BCUT2D eigenvalue weighted by Crippen LogP contribution is 2.25. The molecule has 6 nitrogen and oxygen atoms in total. The average Bonchev–Trinajstić information content (AvgIpc) is 3.31. The standard InChI is InChI=1S/C30H33N5O/c1-23-13-15-35(30(36)20-23)27-10-8-26(9-11-27)34-18-16-33(17-19-34)14-5-3-4-6-24-22-32-29-12-7-25(31-2)21-28(24)29/h7-13,15,20-22,32H,3-6,14,16-19H2,1H3. The number of aromatic amines is 1. The van der Waals surface area contributed by atoms with Crippen LogP contribution in [-0.4, -0.2) is 47.2 Å². The summed E-state index contributed by atoms with van der Waals surface area (Å²) in [7, 11) is 0. The maximum absolute atomic E-state index is 12.3. The summed E-state index contributed by atoms with van der Waals surface area (Å²) in [5.74, 6) is 0. The first-order valence-electron chi connectivity index (χ1n) is 12.9. The van der Waals surface area contributed by atoms with Gasteiger partial charge >= 0.3 is 0 Å². The molecule has 0 amide bonds. The van der Waals surface area contributed by atoms with Crippen molar-refractivity contribution in [2.75, 3.05) is 37.6 Å². The number of anilines is 1. The number of hydrogen-bond acceptors (Lipinski definition) is 3. The first kappa shape index (κ1) is 23.9. The number of piperazine rings is 1. The van der Waals surface area contributed by atoms with Gasteiger partial charge < -0.3 is 9.88 Å². The van der Waals surface area contributed by atoms with Crippen LogP contribution in [0.25, 0.3) is 21.4 Å². The molecule has 2 aromatic carbocycles. The number of fused-ring (bicyclic) bond motifs is 1. The highest BCUT2D eigenvalue weighted by Gasteiger charge is 2.17. The van der Waals surface area contributed by atoms with Crippen LogP contribution in [0.5, 0.6) is 0 Å².